The molecule has 3 nitrogen and oxygen atoms in total. The third-order valence-corrected chi connectivity index (χ3v) is 1.36. The zero-order valence-corrected chi connectivity index (χ0v) is 8.80. The van der Waals surface area contributed by atoms with E-state index in [1.807, 2.05) is 41.5 Å². The van der Waals surface area contributed by atoms with Gasteiger partial charge in [-0.3, -0.25) is 15.3 Å². The molecule has 0 saturated heterocycles. The van der Waals surface area contributed by atoms with Gasteiger partial charge >= 0.3 is 0 Å². The molecule has 0 aromatic heterocycles. The zero-order valence-electron chi connectivity index (χ0n) is 8.80. The molecule has 2 N–H and O–H groups in total. The number of carbonyl (C=O) groups is 1. The first-order chi connectivity index (χ1) is 5.15. The van der Waals surface area contributed by atoms with Crippen molar-refractivity contribution in [2.24, 2.45) is 10.8 Å². The van der Waals surface area contributed by atoms with Gasteiger partial charge in [-0.2, -0.15) is 0 Å². The summed E-state index contributed by atoms with van der Waals surface area (Å²) in [6.07, 6.45) is 0. The fourth-order valence-electron chi connectivity index (χ4n) is 1.12. The molecule has 0 radical (unpaired) electrons. The number of ketones is 1. The van der Waals surface area contributed by atoms with Gasteiger partial charge in [-0.05, 0) is 0 Å². The maximum Gasteiger partial charge on any atom is 0.143 e. The summed E-state index contributed by atoms with van der Waals surface area (Å²) in [5.41, 5.74) is -0.392. The van der Waals surface area contributed by atoms with E-state index in [1.165, 1.54) is 0 Å². The Bertz CT molecular complexity index is 121. The van der Waals surface area contributed by atoms with E-state index in [-0.39, 0.29) is 10.8 Å². The van der Waals surface area contributed by atoms with Crippen LogP contribution in [0.4, 0.5) is 0 Å². The van der Waals surface area contributed by atoms with Gasteiger partial charge in [-0.15, -0.1) is 0 Å². The highest BCUT2D eigenvalue weighted by Gasteiger charge is 2.31. The van der Waals surface area contributed by atoms with Crippen LogP contribution in [-0.4, -0.2) is 16.3 Å². The normalized spacial score (nSPS) is 11.7. The molecule has 0 aromatic carbocycles. The van der Waals surface area contributed by atoms with Gasteiger partial charge in [0.25, 0.3) is 0 Å². The Morgan fingerprint density at radius 1 is 0.833 bits per heavy atom. The van der Waals surface area contributed by atoms with E-state index in [0.29, 0.717) is 5.78 Å². The van der Waals surface area contributed by atoms with Crippen molar-refractivity contribution in [2.45, 2.75) is 41.5 Å². The van der Waals surface area contributed by atoms with E-state index in [4.69, 9.17) is 10.5 Å². The molecule has 0 spiro atoms. The Labute approximate surface area is 74.3 Å². The summed E-state index contributed by atoms with van der Waals surface area (Å²) in [5, 5.41) is 12.0. The molecule has 0 fully saturated rings. The second kappa shape index (κ2) is 4.58. The number of Topliss-reactive ketones (excluding diaryl/α,β-unsaturated/α-hetero) is 1. The highest BCUT2D eigenvalue weighted by atomic mass is 17.0. The predicted molar refractivity (Wildman–Crippen MR) is 49.2 cm³/mol. The Hall–Kier alpha value is -0.410. The van der Waals surface area contributed by atoms with Crippen molar-refractivity contribution in [3.63, 3.8) is 0 Å². The second-order valence-corrected chi connectivity index (χ2v) is 4.83. The van der Waals surface area contributed by atoms with Crippen LogP contribution in [-0.2, 0) is 4.79 Å². The minimum atomic E-state index is -0.196. The van der Waals surface area contributed by atoms with Crippen LogP contribution in [0.15, 0.2) is 0 Å². The minimum absolute atomic E-state index is 0.196. The molecule has 0 saturated carbocycles. The van der Waals surface area contributed by atoms with Crippen molar-refractivity contribution in [3.8, 4) is 0 Å². The lowest BCUT2D eigenvalue weighted by Gasteiger charge is -2.26. The zero-order chi connectivity index (χ0) is 10.6. The molecule has 0 aromatic rings. The monoisotopic (exact) mass is 176 g/mol. The van der Waals surface area contributed by atoms with E-state index in [2.05, 4.69) is 0 Å². The van der Waals surface area contributed by atoms with Gasteiger partial charge in [0.15, 0.2) is 0 Å². The van der Waals surface area contributed by atoms with Crippen LogP contribution in [0, 0.1) is 10.8 Å². The molecule has 0 amide bonds. The van der Waals surface area contributed by atoms with E-state index in [0.717, 1.165) is 0 Å². The standard InChI is InChI=1S/C9H18O.H2O2/c1-8(2,3)7(10)9(4,5)6;1-2/h1-6H3;1-2H. The van der Waals surface area contributed by atoms with Crippen molar-refractivity contribution < 1.29 is 15.3 Å². The lowest BCUT2D eigenvalue weighted by molar-refractivity contribution is -0.176. The van der Waals surface area contributed by atoms with Crippen LogP contribution in [0.25, 0.3) is 0 Å². The molecule has 0 aliphatic rings. The number of hydrogen-bond acceptors (Lipinski definition) is 3. The van der Waals surface area contributed by atoms with Crippen LogP contribution in [0.5, 0.6) is 0 Å². The van der Waals surface area contributed by atoms with E-state index < -0.39 is 0 Å². The van der Waals surface area contributed by atoms with E-state index in [9.17, 15) is 4.79 Å². The molecule has 0 aliphatic carbocycles. The lowest BCUT2D eigenvalue weighted by atomic mass is 9.76. The summed E-state index contributed by atoms with van der Waals surface area (Å²) < 4.78 is 0. The van der Waals surface area contributed by atoms with Gasteiger partial charge < -0.3 is 0 Å². The molecule has 0 unspecified atom stereocenters. The fourth-order valence-corrected chi connectivity index (χ4v) is 1.12. The van der Waals surface area contributed by atoms with Crippen LogP contribution >= 0.6 is 0 Å². The van der Waals surface area contributed by atoms with Gasteiger partial charge in [0, 0.05) is 10.8 Å². The SMILES string of the molecule is CC(C)(C)C(=O)C(C)(C)C.OO. The molecule has 74 valence electrons. The van der Waals surface area contributed by atoms with Crippen LogP contribution in [0.1, 0.15) is 41.5 Å². The summed E-state index contributed by atoms with van der Waals surface area (Å²) in [5.74, 6) is 0.319. The molecule has 0 rings (SSSR count). The molecular weight excluding hydrogens is 156 g/mol. The van der Waals surface area contributed by atoms with Crippen LogP contribution < -0.4 is 0 Å². The van der Waals surface area contributed by atoms with Crippen molar-refractivity contribution in [1.29, 1.82) is 0 Å². The van der Waals surface area contributed by atoms with E-state index in [1.54, 1.807) is 0 Å². The number of carbonyl (C=O) groups excluding carboxylic acids is 1. The third-order valence-electron chi connectivity index (χ3n) is 1.36. The summed E-state index contributed by atoms with van der Waals surface area (Å²) in [6.45, 7) is 11.8. The number of hydrogen-bond donors (Lipinski definition) is 2. The summed E-state index contributed by atoms with van der Waals surface area (Å²) in [6, 6.07) is 0. The summed E-state index contributed by atoms with van der Waals surface area (Å²) in [7, 11) is 0. The lowest BCUT2D eigenvalue weighted by Crippen LogP contribution is -2.32. The molecule has 0 atom stereocenters. The van der Waals surface area contributed by atoms with Crippen LogP contribution in [0.2, 0.25) is 0 Å². The molecule has 0 heterocycles. The van der Waals surface area contributed by atoms with Gasteiger partial charge in [0.05, 0.1) is 0 Å². The highest BCUT2D eigenvalue weighted by Crippen LogP contribution is 2.27. The summed E-state index contributed by atoms with van der Waals surface area (Å²) >= 11 is 0. The van der Waals surface area contributed by atoms with Gasteiger partial charge in [0.1, 0.15) is 5.78 Å². The maximum absolute atomic E-state index is 11.5. The fraction of sp³-hybridized carbons (Fsp3) is 0.889. The Morgan fingerprint density at radius 3 is 1.00 bits per heavy atom. The third kappa shape index (κ3) is 5.27. The first kappa shape index (κ1) is 14.1. The topological polar surface area (TPSA) is 57.5 Å². The highest BCUT2D eigenvalue weighted by molar-refractivity contribution is 5.88. The average Bonchev–Trinajstić information content (AvgIpc) is 1.87. The van der Waals surface area contributed by atoms with Gasteiger partial charge in [-0.1, -0.05) is 41.5 Å². The average molecular weight is 176 g/mol. The molecular formula is C9H20O3. The van der Waals surface area contributed by atoms with E-state index >= 15 is 0 Å². The molecule has 3 heteroatoms. The smallest absolute Gasteiger partial charge is 0.143 e. The largest absolute Gasteiger partial charge is 0.299 e. The number of rotatable bonds is 0. The molecule has 0 aliphatic heterocycles. The quantitative estimate of drug-likeness (QED) is 0.440. The van der Waals surface area contributed by atoms with Crippen LogP contribution in [0.3, 0.4) is 0 Å². The molecule has 12 heavy (non-hydrogen) atoms. The van der Waals surface area contributed by atoms with Crippen molar-refractivity contribution in [3.05, 3.63) is 0 Å². The molecule has 0 bridgehead atoms. The first-order valence-electron chi connectivity index (χ1n) is 3.90. The Kier molecular flexibility index (Phi) is 5.39. The Morgan fingerprint density at radius 2 is 1.00 bits per heavy atom. The minimum Gasteiger partial charge on any atom is -0.299 e. The summed E-state index contributed by atoms with van der Waals surface area (Å²) in [4.78, 5) is 11.5. The predicted octanol–water partition coefficient (Wildman–Crippen LogP) is 2.67. The van der Waals surface area contributed by atoms with Gasteiger partial charge in [-0.25, -0.2) is 0 Å². The van der Waals surface area contributed by atoms with Gasteiger partial charge in [0.2, 0.25) is 0 Å². The van der Waals surface area contributed by atoms with Crippen molar-refractivity contribution >= 4 is 5.78 Å². The second-order valence-electron chi connectivity index (χ2n) is 4.83. The maximum atomic E-state index is 11.5. The first-order valence-corrected chi connectivity index (χ1v) is 3.90. The van der Waals surface area contributed by atoms with Crippen molar-refractivity contribution in [1.82, 2.24) is 0 Å². The Balaban J connectivity index is 0. The van der Waals surface area contributed by atoms with Crippen molar-refractivity contribution in [2.75, 3.05) is 0 Å².